The molecule has 0 aliphatic rings. The Labute approximate surface area is 94.5 Å². The summed E-state index contributed by atoms with van der Waals surface area (Å²) in [6.45, 7) is 2.47. The van der Waals surface area contributed by atoms with Gasteiger partial charge in [-0.25, -0.2) is 4.79 Å². The summed E-state index contributed by atoms with van der Waals surface area (Å²) < 4.78 is 6.38. The summed E-state index contributed by atoms with van der Waals surface area (Å²) in [5.41, 5.74) is -0.491. The molecule has 0 aromatic carbocycles. The van der Waals surface area contributed by atoms with E-state index in [1.807, 2.05) is 6.92 Å². The molecule has 0 bridgehead atoms. The van der Waals surface area contributed by atoms with Gasteiger partial charge in [0.2, 0.25) is 0 Å². The van der Waals surface area contributed by atoms with E-state index in [1.54, 1.807) is 11.1 Å². The number of aromatic nitrogens is 2. The third-order valence-electron chi connectivity index (χ3n) is 1.72. The van der Waals surface area contributed by atoms with Crippen LogP contribution >= 0.6 is 15.9 Å². The van der Waals surface area contributed by atoms with Crippen LogP contribution in [0.5, 0.6) is 0 Å². The maximum atomic E-state index is 11.3. The smallest absolute Gasteiger partial charge is 0.330 e. The SMILES string of the molecule is CCOCn1cc(C=CBr)c(=O)[nH]c1=O. The lowest BCUT2D eigenvalue weighted by molar-refractivity contribution is 0.0842. The number of ether oxygens (including phenoxy) is 1. The molecule has 0 saturated heterocycles. The van der Waals surface area contributed by atoms with Crippen molar-refractivity contribution in [1.82, 2.24) is 9.55 Å². The highest BCUT2D eigenvalue weighted by atomic mass is 79.9. The summed E-state index contributed by atoms with van der Waals surface area (Å²) >= 11 is 3.06. The van der Waals surface area contributed by atoms with Crippen molar-refractivity contribution < 1.29 is 4.74 Å². The second-order valence-electron chi connectivity index (χ2n) is 2.73. The van der Waals surface area contributed by atoms with Crippen LogP contribution in [-0.2, 0) is 11.5 Å². The van der Waals surface area contributed by atoms with Crippen molar-refractivity contribution in [2.24, 2.45) is 0 Å². The van der Waals surface area contributed by atoms with Gasteiger partial charge in [0.15, 0.2) is 0 Å². The Bertz CT molecular complexity index is 461. The third-order valence-corrected chi connectivity index (χ3v) is 1.98. The molecule has 5 nitrogen and oxygen atoms in total. The number of nitrogens with zero attached hydrogens (tertiary/aromatic N) is 1. The number of rotatable bonds is 4. The Hall–Kier alpha value is -1.14. The van der Waals surface area contributed by atoms with Crippen LogP contribution in [0.3, 0.4) is 0 Å². The number of hydrogen-bond donors (Lipinski definition) is 1. The molecule has 6 heteroatoms. The van der Waals surface area contributed by atoms with Gasteiger partial charge in [0.05, 0.1) is 5.56 Å². The zero-order valence-corrected chi connectivity index (χ0v) is 9.78. The molecule has 0 atom stereocenters. The standard InChI is InChI=1S/C9H11BrN2O3/c1-2-15-6-12-5-7(3-4-10)8(13)11-9(12)14/h3-5H,2,6H2,1H3,(H,11,13,14). The number of nitrogens with one attached hydrogen (secondary N) is 1. The van der Waals surface area contributed by atoms with E-state index in [-0.39, 0.29) is 6.73 Å². The minimum Gasteiger partial charge on any atom is -0.361 e. The summed E-state index contributed by atoms with van der Waals surface area (Å²) in [5, 5.41) is 0. The van der Waals surface area contributed by atoms with Crippen LogP contribution < -0.4 is 11.2 Å². The highest BCUT2D eigenvalue weighted by molar-refractivity contribution is 9.11. The van der Waals surface area contributed by atoms with Crippen molar-refractivity contribution in [1.29, 1.82) is 0 Å². The molecule has 1 N–H and O–H groups in total. The summed E-state index contributed by atoms with van der Waals surface area (Å²) in [7, 11) is 0. The van der Waals surface area contributed by atoms with Crippen molar-refractivity contribution >= 4 is 22.0 Å². The first-order valence-electron chi connectivity index (χ1n) is 4.37. The lowest BCUT2D eigenvalue weighted by Crippen LogP contribution is -2.31. The minimum atomic E-state index is -0.472. The maximum absolute atomic E-state index is 11.3. The van der Waals surface area contributed by atoms with Gasteiger partial charge < -0.3 is 4.74 Å². The van der Waals surface area contributed by atoms with Gasteiger partial charge >= 0.3 is 5.69 Å². The van der Waals surface area contributed by atoms with E-state index in [9.17, 15) is 9.59 Å². The first-order chi connectivity index (χ1) is 7.19. The van der Waals surface area contributed by atoms with E-state index in [4.69, 9.17) is 4.74 Å². The molecule has 0 aliphatic heterocycles. The molecule has 0 spiro atoms. The quantitative estimate of drug-likeness (QED) is 0.887. The van der Waals surface area contributed by atoms with Crippen LogP contribution in [-0.4, -0.2) is 16.2 Å². The molecule has 15 heavy (non-hydrogen) atoms. The van der Waals surface area contributed by atoms with Gasteiger partial charge in [0.25, 0.3) is 5.56 Å². The maximum Gasteiger partial charge on any atom is 0.330 e. The summed E-state index contributed by atoms with van der Waals surface area (Å²) in [5.74, 6) is 0. The van der Waals surface area contributed by atoms with E-state index in [2.05, 4.69) is 20.9 Å². The molecule has 0 fully saturated rings. The van der Waals surface area contributed by atoms with Crippen molar-refractivity contribution in [3.63, 3.8) is 0 Å². The molecule has 1 heterocycles. The second kappa shape index (κ2) is 5.67. The number of aromatic amines is 1. The topological polar surface area (TPSA) is 64.1 Å². The van der Waals surface area contributed by atoms with E-state index in [0.717, 1.165) is 0 Å². The van der Waals surface area contributed by atoms with Gasteiger partial charge in [-0.05, 0) is 18.0 Å². The molecule has 1 aromatic heterocycles. The van der Waals surface area contributed by atoms with Crippen LogP contribution in [0.2, 0.25) is 0 Å². The fourth-order valence-electron chi connectivity index (χ4n) is 0.998. The zero-order valence-electron chi connectivity index (χ0n) is 8.20. The Morgan fingerprint density at radius 2 is 2.33 bits per heavy atom. The minimum absolute atomic E-state index is 0.134. The highest BCUT2D eigenvalue weighted by Gasteiger charge is 2.01. The Morgan fingerprint density at radius 3 is 2.93 bits per heavy atom. The monoisotopic (exact) mass is 274 g/mol. The highest BCUT2D eigenvalue weighted by Crippen LogP contribution is 1.95. The molecule has 1 rings (SSSR count). The van der Waals surface area contributed by atoms with E-state index in [1.165, 1.54) is 10.8 Å². The first kappa shape index (κ1) is 11.9. The molecule has 82 valence electrons. The average Bonchev–Trinajstić information content (AvgIpc) is 2.20. The Kier molecular flexibility index (Phi) is 4.51. The molecule has 0 aliphatic carbocycles. The van der Waals surface area contributed by atoms with Gasteiger partial charge in [-0.1, -0.05) is 15.9 Å². The fourth-order valence-corrected chi connectivity index (χ4v) is 1.28. The second-order valence-corrected chi connectivity index (χ2v) is 3.26. The first-order valence-corrected chi connectivity index (χ1v) is 5.29. The van der Waals surface area contributed by atoms with Crippen molar-refractivity contribution in [3.8, 4) is 0 Å². The largest absolute Gasteiger partial charge is 0.361 e. The number of halogens is 1. The van der Waals surface area contributed by atoms with Crippen LogP contribution in [0.4, 0.5) is 0 Å². The van der Waals surface area contributed by atoms with E-state index >= 15 is 0 Å². The lowest BCUT2D eigenvalue weighted by Gasteiger charge is -2.05. The lowest BCUT2D eigenvalue weighted by atomic mass is 10.3. The predicted molar refractivity (Wildman–Crippen MR) is 60.9 cm³/mol. The Balaban J connectivity index is 3.12. The zero-order chi connectivity index (χ0) is 11.3. The van der Waals surface area contributed by atoms with Crippen LogP contribution in [0.1, 0.15) is 12.5 Å². The Morgan fingerprint density at radius 1 is 1.60 bits per heavy atom. The van der Waals surface area contributed by atoms with Crippen LogP contribution in [0.15, 0.2) is 20.8 Å². The summed E-state index contributed by atoms with van der Waals surface area (Å²) in [6.07, 6.45) is 3.01. The third kappa shape index (κ3) is 3.17. The molecule has 0 saturated carbocycles. The molecule has 0 amide bonds. The van der Waals surface area contributed by atoms with Crippen molar-refractivity contribution in [2.75, 3.05) is 6.61 Å². The number of hydrogen-bond acceptors (Lipinski definition) is 3. The molecular weight excluding hydrogens is 264 g/mol. The van der Waals surface area contributed by atoms with Gasteiger partial charge in [0, 0.05) is 12.8 Å². The van der Waals surface area contributed by atoms with Gasteiger partial charge in [0.1, 0.15) is 6.73 Å². The average molecular weight is 275 g/mol. The van der Waals surface area contributed by atoms with Gasteiger partial charge in [-0.15, -0.1) is 0 Å². The summed E-state index contributed by atoms with van der Waals surface area (Å²) in [4.78, 5) is 26.3. The molecule has 0 radical (unpaired) electrons. The van der Waals surface area contributed by atoms with Crippen LogP contribution in [0, 0.1) is 0 Å². The van der Waals surface area contributed by atoms with Gasteiger partial charge in [-0.2, -0.15) is 0 Å². The van der Waals surface area contributed by atoms with E-state index in [0.29, 0.717) is 12.2 Å². The predicted octanol–water partition coefficient (Wildman–Crippen LogP) is 0.896. The van der Waals surface area contributed by atoms with Crippen LogP contribution in [0.25, 0.3) is 6.08 Å². The molecule has 1 aromatic rings. The number of H-pyrrole nitrogens is 1. The normalized spacial score (nSPS) is 11.1. The van der Waals surface area contributed by atoms with Crippen molar-refractivity contribution in [3.05, 3.63) is 37.6 Å². The molecular formula is C9H11BrN2O3. The van der Waals surface area contributed by atoms with Crippen molar-refractivity contribution in [2.45, 2.75) is 13.7 Å². The summed E-state index contributed by atoms with van der Waals surface area (Å²) in [6, 6.07) is 0. The molecule has 0 unspecified atom stereocenters. The van der Waals surface area contributed by atoms with Gasteiger partial charge in [-0.3, -0.25) is 14.3 Å². The fraction of sp³-hybridized carbons (Fsp3) is 0.333. The van der Waals surface area contributed by atoms with E-state index < -0.39 is 11.2 Å².